The van der Waals surface area contributed by atoms with E-state index in [2.05, 4.69) is 21.7 Å². The molecule has 0 unspecified atom stereocenters. The number of rotatable bonds is 11. The van der Waals surface area contributed by atoms with Crippen LogP contribution in [0.15, 0.2) is 90.1 Å². The number of pyridine rings is 1. The van der Waals surface area contributed by atoms with Crippen molar-refractivity contribution in [3.8, 4) is 6.07 Å². The number of carbonyl (C=O) groups excluding carboxylic acids is 1. The molecule has 232 valence electrons. The summed E-state index contributed by atoms with van der Waals surface area (Å²) in [5, 5.41) is 15.3. The number of morpholine rings is 1. The zero-order chi connectivity index (χ0) is 31.8. The Labute approximate surface area is 264 Å². The van der Waals surface area contributed by atoms with Gasteiger partial charge in [-0.15, -0.1) is 11.8 Å². The van der Waals surface area contributed by atoms with Crippen LogP contribution in [-0.2, 0) is 16.0 Å². The first kappa shape index (κ1) is 32.2. The number of nitriles is 1. The second-order valence-electron chi connectivity index (χ2n) is 10.8. The first-order valence-corrected chi connectivity index (χ1v) is 15.5. The van der Waals surface area contributed by atoms with Crippen LogP contribution in [0.3, 0.4) is 0 Å². The van der Waals surface area contributed by atoms with E-state index in [1.165, 1.54) is 54.7 Å². The smallest absolute Gasteiger partial charge is 0.242 e. The van der Waals surface area contributed by atoms with E-state index in [0.29, 0.717) is 42.0 Å². The van der Waals surface area contributed by atoms with Crippen LogP contribution in [0.1, 0.15) is 34.6 Å². The van der Waals surface area contributed by atoms with Crippen molar-refractivity contribution in [1.29, 1.82) is 5.26 Å². The Balaban J connectivity index is 1.24. The van der Waals surface area contributed by atoms with Gasteiger partial charge in [0.15, 0.2) is 0 Å². The average Bonchev–Trinajstić information content (AvgIpc) is 3.05. The third-order valence-electron chi connectivity index (χ3n) is 7.63. The SMILES string of the molecule is N#Cc1cccc(SC[C@@H]2CNC[C@@H](CCc3c(F)cncc3NC(=O)[C@@H](N)C(c3ccc(F)cc3)c3ccc(F)cc3)O2)c1. The molecule has 0 saturated carbocycles. The van der Waals surface area contributed by atoms with Gasteiger partial charge in [-0.2, -0.15) is 5.26 Å². The van der Waals surface area contributed by atoms with Crippen LogP contribution in [0, 0.1) is 28.8 Å². The highest BCUT2D eigenvalue weighted by molar-refractivity contribution is 7.99. The summed E-state index contributed by atoms with van der Waals surface area (Å²) in [5.41, 5.74) is 8.68. The van der Waals surface area contributed by atoms with Gasteiger partial charge >= 0.3 is 0 Å². The van der Waals surface area contributed by atoms with Crippen LogP contribution in [0.5, 0.6) is 0 Å². The molecule has 1 fully saturated rings. The van der Waals surface area contributed by atoms with Gasteiger partial charge in [-0.3, -0.25) is 9.78 Å². The third-order valence-corrected chi connectivity index (χ3v) is 8.75. The van der Waals surface area contributed by atoms with E-state index in [1.807, 2.05) is 18.2 Å². The number of nitrogens with two attached hydrogens (primary N) is 1. The van der Waals surface area contributed by atoms with Crippen molar-refractivity contribution in [1.82, 2.24) is 10.3 Å². The largest absolute Gasteiger partial charge is 0.371 e. The standard InChI is InChI=1S/C34H32F3N5O2S/c35-24-8-4-22(5-9-24)32(23-6-10-25(36)11-7-23)33(39)34(43)42-31-19-41-18-30(37)29(31)13-12-26-16-40-17-27(44-26)20-45-28-3-1-2-21(14-28)15-38/h1-11,14,18-19,26-27,32-33,40H,12-13,16-17,20,39H2,(H,42,43)/t26-,27+,33+/m1/s1. The molecule has 4 aromatic rings. The molecule has 2 heterocycles. The molecule has 4 N–H and O–H groups in total. The number of anilines is 1. The van der Waals surface area contributed by atoms with Crippen LogP contribution in [0.4, 0.5) is 18.9 Å². The van der Waals surface area contributed by atoms with Gasteiger partial charge in [0.1, 0.15) is 17.5 Å². The van der Waals surface area contributed by atoms with Crippen molar-refractivity contribution in [3.05, 3.63) is 125 Å². The van der Waals surface area contributed by atoms with E-state index in [0.717, 1.165) is 11.1 Å². The van der Waals surface area contributed by atoms with Crippen LogP contribution < -0.4 is 16.4 Å². The lowest BCUT2D eigenvalue weighted by atomic mass is 9.85. The fourth-order valence-electron chi connectivity index (χ4n) is 5.33. The monoisotopic (exact) mass is 631 g/mol. The number of carbonyl (C=O) groups is 1. The molecule has 7 nitrogen and oxygen atoms in total. The second kappa shape index (κ2) is 15.2. The lowest BCUT2D eigenvalue weighted by molar-refractivity contribution is -0.117. The zero-order valence-corrected chi connectivity index (χ0v) is 25.1. The molecule has 45 heavy (non-hydrogen) atoms. The average molecular weight is 632 g/mol. The van der Waals surface area contributed by atoms with Crippen molar-refractivity contribution in [2.45, 2.75) is 41.9 Å². The molecular weight excluding hydrogens is 599 g/mol. The molecule has 1 aromatic heterocycles. The lowest BCUT2D eigenvalue weighted by Gasteiger charge is -2.31. The number of benzene rings is 3. The Morgan fingerprint density at radius 3 is 2.36 bits per heavy atom. The van der Waals surface area contributed by atoms with Gasteiger partial charge in [0.25, 0.3) is 0 Å². The quantitative estimate of drug-likeness (QED) is 0.186. The van der Waals surface area contributed by atoms with E-state index in [-0.39, 0.29) is 29.9 Å². The molecule has 1 aliphatic heterocycles. The molecule has 0 aliphatic carbocycles. The molecule has 1 saturated heterocycles. The number of aromatic nitrogens is 1. The molecule has 0 bridgehead atoms. The lowest BCUT2D eigenvalue weighted by Crippen LogP contribution is -2.46. The Hall–Kier alpha value is -4.21. The van der Waals surface area contributed by atoms with Gasteiger partial charge in [-0.25, -0.2) is 13.2 Å². The summed E-state index contributed by atoms with van der Waals surface area (Å²) in [6.45, 7) is 1.27. The van der Waals surface area contributed by atoms with E-state index >= 15 is 4.39 Å². The highest BCUT2D eigenvalue weighted by Crippen LogP contribution is 2.30. The minimum atomic E-state index is -1.17. The molecule has 1 amide bonds. The normalized spacial score (nSPS) is 17.1. The van der Waals surface area contributed by atoms with E-state index < -0.39 is 35.3 Å². The van der Waals surface area contributed by atoms with Crippen molar-refractivity contribution < 1.29 is 22.7 Å². The van der Waals surface area contributed by atoms with Gasteiger partial charge in [0.05, 0.1) is 48.0 Å². The van der Waals surface area contributed by atoms with Crippen LogP contribution in [0.2, 0.25) is 0 Å². The highest BCUT2D eigenvalue weighted by Gasteiger charge is 2.29. The highest BCUT2D eigenvalue weighted by atomic mass is 32.2. The Kier molecular flexibility index (Phi) is 10.9. The minimum Gasteiger partial charge on any atom is -0.371 e. The van der Waals surface area contributed by atoms with Crippen molar-refractivity contribution >= 4 is 23.4 Å². The molecule has 3 aromatic carbocycles. The van der Waals surface area contributed by atoms with E-state index in [9.17, 15) is 13.6 Å². The van der Waals surface area contributed by atoms with Crippen LogP contribution in [0.25, 0.3) is 0 Å². The molecular formula is C34H32F3N5O2S. The summed E-state index contributed by atoms with van der Waals surface area (Å²) in [6.07, 6.45) is 2.97. The summed E-state index contributed by atoms with van der Waals surface area (Å²) in [5.74, 6) is -2.10. The van der Waals surface area contributed by atoms with Crippen molar-refractivity contribution in [2.24, 2.45) is 5.73 Å². The number of nitrogens with zero attached hydrogens (tertiary/aromatic N) is 2. The topological polar surface area (TPSA) is 113 Å². The van der Waals surface area contributed by atoms with Gasteiger partial charge in [-0.05, 0) is 66.4 Å². The third kappa shape index (κ3) is 8.49. The molecule has 11 heteroatoms. The van der Waals surface area contributed by atoms with Gasteiger partial charge < -0.3 is 21.1 Å². The fourth-order valence-corrected chi connectivity index (χ4v) is 6.29. The Morgan fingerprint density at radius 2 is 1.69 bits per heavy atom. The Bertz CT molecular complexity index is 1600. The summed E-state index contributed by atoms with van der Waals surface area (Å²) in [4.78, 5) is 18.4. The molecule has 3 atom stereocenters. The zero-order valence-electron chi connectivity index (χ0n) is 24.3. The second-order valence-corrected chi connectivity index (χ2v) is 11.9. The predicted molar refractivity (Wildman–Crippen MR) is 167 cm³/mol. The maximum Gasteiger partial charge on any atom is 0.242 e. The van der Waals surface area contributed by atoms with Gasteiger partial charge in [0, 0.05) is 35.2 Å². The summed E-state index contributed by atoms with van der Waals surface area (Å²) in [6, 6.07) is 19.6. The minimum absolute atomic E-state index is 0.0752. The molecule has 0 spiro atoms. The summed E-state index contributed by atoms with van der Waals surface area (Å²) in [7, 11) is 0. The first-order valence-electron chi connectivity index (χ1n) is 14.5. The van der Waals surface area contributed by atoms with Crippen molar-refractivity contribution in [2.75, 3.05) is 24.2 Å². The predicted octanol–water partition coefficient (Wildman–Crippen LogP) is 5.55. The van der Waals surface area contributed by atoms with Crippen molar-refractivity contribution in [3.63, 3.8) is 0 Å². The summed E-state index contributed by atoms with van der Waals surface area (Å²) >= 11 is 1.61. The maximum atomic E-state index is 15.1. The number of halogens is 3. The molecule has 0 radical (unpaired) electrons. The van der Waals surface area contributed by atoms with Gasteiger partial charge in [-0.1, -0.05) is 30.3 Å². The number of nitrogens with one attached hydrogen (secondary N) is 2. The molecule has 1 aliphatic rings. The van der Waals surface area contributed by atoms with E-state index in [4.69, 9.17) is 15.7 Å². The number of amides is 1. The van der Waals surface area contributed by atoms with Crippen LogP contribution >= 0.6 is 11.8 Å². The first-order chi connectivity index (χ1) is 21.8. The number of thioether (sulfide) groups is 1. The molecule has 5 rings (SSSR count). The summed E-state index contributed by atoms with van der Waals surface area (Å²) < 4.78 is 48.7. The number of hydrogen-bond acceptors (Lipinski definition) is 7. The van der Waals surface area contributed by atoms with E-state index in [1.54, 1.807) is 17.8 Å². The maximum absolute atomic E-state index is 15.1. The fraction of sp³-hybridized carbons (Fsp3) is 0.265. The number of ether oxygens (including phenoxy) is 1. The van der Waals surface area contributed by atoms with Gasteiger partial charge in [0.2, 0.25) is 5.91 Å². The number of hydrogen-bond donors (Lipinski definition) is 3. The Morgan fingerprint density at radius 1 is 1.02 bits per heavy atom. The van der Waals surface area contributed by atoms with Crippen LogP contribution in [-0.4, -0.2) is 48.0 Å².